The third kappa shape index (κ3) is 1.46. The number of thiazole rings is 1. The maximum atomic E-state index is 9.95. The molecule has 1 heterocycles. The van der Waals surface area contributed by atoms with Gasteiger partial charge >= 0.3 is 5.13 Å². The Labute approximate surface area is 62.8 Å². The summed E-state index contributed by atoms with van der Waals surface area (Å²) in [5.41, 5.74) is 0. The molecule has 0 aliphatic rings. The van der Waals surface area contributed by atoms with E-state index >= 15 is 0 Å². The highest BCUT2D eigenvalue weighted by Crippen LogP contribution is 2.20. The molecule has 0 aromatic carbocycles. The topological polar surface area (TPSA) is 56.0 Å². The monoisotopic (exact) mass is 208 g/mol. The quantitative estimate of drug-likeness (QED) is 0.523. The van der Waals surface area contributed by atoms with E-state index in [1.54, 1.807) is 5.38 Å². The fraction of sp³-hybridized carbons (Fsp3) is 0. The molecule has 4 nitrogen and oxygen atoms in total. The Morgan fingerprint density at radius 2 is 2.56 bits per heavy atom. The van der Waals surface area contributed by atoms with Gasteiger partial charge in [0.2, 0.25) is 4.60 Å². The van der Waals surface area contributed by atoms with Crippen LogP contribution in [0.15, 0.2) is 9.98 Å². The van der Waals surface area contributed by atoms with Crippen molar-refractivity contribution in [1.29, 1.82) is 0 Å². The van der Waals surface area contributed by atoms with Crippen molar-refractivity contribution in [2.45, 2.75) is 0 Å². The summed E-state index contributed by atoms with van der Waals surface area (Å²) in [6, 6.07) is 0. The van der Waals surface area contributed by atoms with Gasteiger partial charge in [-0.05, 0) is 21.2 Å². The van der Waals surface area contributed by atoms with E-state index in [4.69, 9.17) is 0 Å². The molecule has 0 amide bonds. The minimum absolute atomic E-state index is 0.0816. The van der Waals surface area contributed by atoms with Crippen LogP contribution >= 0.6 is 27.3 Å². The van der Waals surface area contributed by atoms with Crippen molar-refractivity contribution in [3.05, 3.63) is 20.1 Å². The van der Waals surface area contributed by atoms with Crippen LogP contribution in [0.1, 0.15) is 0 Å². The first kappa shape index (κ1) is 6.63. The van der Waals surface area contributed by atoms with Crippen molar-refractivity contribution in [2.75, 3.05) is 0 Å². The number of nitro groups is 1. The van der Waals surface area contributed by atoms with E-state index in [9.17, 15) is 10.1 Å². The lowest BCUT2D eigenvalue weighted by Crippen LogP contribution is -1.84. The maximum Gasteiger partial charge on any atom is 0.424 e. The van der Waals surface area contributed by atoms with Crippen molar-refractivity contribution in [3.8, 4) is 0 Å². The number of hydrogen-bond acceptors (Lipinski definition) is 4. The predicted molar refractivity (Wildman–Crippen MR) is 36.5 cm³/mol. The Kier molecular flexibility index (Phi) is 1.77. The smallest absolute Gasteiger partial charge is 0.357 e. The van der Waals surface area contributed by atoms with Crippen molar-refractivity contribution in [2.24, 2.45) is 0 Å². The molecule has 0 aliphatic carbocycles. The molecule has 0 aliphatic heterocycles. The van der Waals surface area contributed by atoms with Gasteiger partial charge in [-0.3, -0.25) is 0 Å². The molecular formula is C3HBrN2O2S. The lowest BCUT2D eigenvalue weighted by Gasteiger charge is -1.80. The zero-order chi connectivity index (χ0) is 6.85. The van der Waals surface area contributed by atoms with E-state index in [2.05, 4.69) is 20.9 Å². The Balaban J connectivity index is 2.98. The van der Waals surface area contributed by atoms with Gasteiger partial charge in [0.1, 0.15) is 0 Å². The molecule has 0 saturated carbocycles. The van der Waals surface area contributed by atoms with Gasteiger partial charge in [-0.1, -0.05) is 0 Å². The van der Waals surface area contributed by atoms with Crippen LogP contribution in [0, 0.1) is 10.1 Å². The fourth-order valence-electron chi connectivity index (χ4n) is 0.329. The maximum absolute atomic E-state index is 9.95. The lowest BCUT2D eigenvalue weighted by atomic mass is 11.0. The zero-order valence-electron chi connectivity index (χ0n) is 4.07. The van der Waals surface area contributed by atoms with E-state index in [-0.39, 0.29) is 5.13 Å². The largest absolute Gasteiger partial charge is 0.424 e. The molecule has 1 aromatic rings. The second-order valence-electron chi connectivity index (χ2n) is 1.21. The molecule has 1 rings (SSSR count). The average molecular weight is 209 g/mol. The van der Waals surface area contributed by atoms with Gasteiger partial charge in [0.15, 0.2) is 0 Å². The summed E-state index contributed by atoms with van der Waals surface area (Å²) in [7, 11) is 0. The summed E-state index contributed by atoms with van der Waals surface area (Å²) in [6.45, 7) is 0. The van der Waals surface area contributed by atoms with Crippen molar-refractivity contribution in [1.82, 2.24) is 4.98 Å². The first-order valence-electron chi connectivity index (χ1n) is 1.95. The summed E-state index contributed by atoms with van der Waals surface area (Å²) in [5.74, 6) is 0. The minimum Gasteiger partial charge on any atom is -0.357 e. The number of hydrogen-bond donors (Lipinski definition) is 0. The second kappa shape index (κ2) is 2.40. The van der Waals surface area contributed by atoms with Gasteiger partial charge in [-0.15, -0.1) is 0 Å². The van der Waals surface area contributed by atoms with Gasteiger partial charge in [0, 0.05) is 15.9 Å². The molecule has 1 aromatic heterocycles. The number of halogens is 1. The summed E-state index contributed by atoms with van der Waals surface area (Å²) in [5, 5.41) is 11.4. The standard InChI is InChI=1S/C3HBrN2O2S/c4-2-1-9-3(5-2)6(7)8/h1H. The molecule has 0 fully saturated rings. The summed E-state index contributed by atoms with van der Waals surface area (Å²) in [6.07, 6.45) is 0. The van der Waals surface area contributed by atoms with Crippen molar-refractivity contribution < 1.29 is 4.92 Å². The van der Waals surface area contributed by atoms with Crippen LogP contribution < -0.4 is 0 Å². The third-order valence-electron chi connectivity index (χ3n) is 0.620. The second-order valence-corrected chi connectivity index (χ2v) is 2.86. The van der Waals surface area contributed by atoms with Crippen LogP contribution in [0.4, 0.5) is 5.13 Å². The molecule has 48 valence electrons. The van der Waals surface area contributed by atoms with E-state index < -0.39 is 4.92 Å². The number of rotatable bonds is 1. The molecular weight excluding hydrogens is 208 g/mol. The molecule has 0 N–H and O–H groups in total. The Bertz CT molecular complexity index is 235. The first-order chi connectivity index (χ1) is 4.20. The van der Waals surface area contributed by atoms with Crippen LogP contribution in [-0.2, 0) is 0 Å². The summed E-state index contributed by atoms with van der Waals surface area (Å²) in [4.78, 5) is 13.0. The van der Waals surface area contributed by atoms with Crippen molar-refractivity contribution in [3.63, 3.8) is 0 Å². The molecule has 0 spiro atoms. The van der Waals surface area contributed by atoms with E-state index in [1.807, 2.05) is 0 Å². The van der Waals surface area contributed by atoms with Crippen LogP contribution in [0.25, 0.3) is 0 Å². The van der Waals surface area contributed by atoms with Gasteiger partial charge < -0.3 is 10.1 Å². The normalized spacial score (nSPS) is 9.44. The van der Waals surface area contributed by atoms with Crippen molar-refractivity contribution >= 4 is 32.4 Å². The molecule has 0 radical (unpaired) electrons. The van der Waals surface area contributed by atoms with Gasteiger partial charge in [0.05, 0.1) is 5.38 Å². The minimum atomic E-state index is -0.518. The highest BCUT2D eigenvalue weighted by molar-refractivity contribution is 9.10. The van der Waals surface area contributed by atoms with Gasteiger partial charge in [0.25, 0.3) is 0 Å². The molecule has 6 heteroatoms. The summed E-state index contributed by atoms with van der Waals surface area (Å²) < 4.78 is 0.513. The molecule has 0 atom stereocenters. The third-order valence-corrected chi connectivity index (χ3v) is 2.12. The zero-order valence-corrected chi connectivity index (χ0v) is 6.48. The van der Waals surface area contributed by atoms with Crippen LogP contribution in [0.5, 0.6) is 0 Å². The number of nitrogens with zero attached hydrogens (tertiary/aromatic N) is 2. The van der Waals surface area contributed by atoms with Gasteiger partial charge in [-0.25, -0.2) is 0 Å². The molecule has 0 unspecified atom stereocenters. The first-order valence-corrected chi connectivity index (χ1v) is 3.63. The van der Waals surface area contributed by atoms with E-state index in [0.717, 1.165) is 11.3 Å². The molecule has 0 bridgehead atoms. The fourth-order valence-corrected chi connectivity index (χ4v) is 1.39. The SMILES string of the molecule is O=[N+]([O-])c1nc(Br)cs1. The van der Waals surface area contributed by atoms with E-state index in [1.165, 1.54) is 0 Å². The predicted octanol–water partition coefficient (Wildman–Crippen LogP) is 1.81. The lowest BCUT2D eigenvalue weighted by molar-refractivity contribution is -0.384. The van der Waals surface area contributed by atoms with E-state index in [0.29, 0.717) is 4.60 Å². The Hall–Kier alpha value is -0.490. The summed E-state index contributed by atoms with van der Waals surface area (Å²) >= 11 is 4.00. The Morgan fingerprint density at radius 1 is 1.89 bits per heavy atom. The van der Waals surface area contributed by atoms with Crippen LogP contribution in [0.3, 0.4) is 0 Å². The van der Waals surface area contributed by atoms with Crippen LogP contribution in [0.2, 0.25) is 0 Å². The molecule has 9 heavy (non-hydrogen) atoms. The van der Waals surface area contributed by atoms with Crippen LogP contribution in [-0.4, -0.2) is 9.91 Å². The highest BCUT2D eigenvalue weighted by atomic mass is 79.9. The Morgan fingerprint density at radius 3 is 2.78 bits per heavy atom. The number of aromatic nitrogens is 1. The average Bonchev–Trinajstić information content (AvgIpc) is 2.14. The highest BCUT2D eigenvalue weighted by Gasteiger charge is 2.10. The molecule has 0 saturated heterocycles. The van der Waals surface area contributed by atoms with Gasteiger partial charge in [-0.2, -0.15) is 0 Å².